The van der Waals surface area contributed by atoms with Gasteiger partial charge in [-0.1, -0.05) is 13.8 Å². The van der Waals surface area contributed by atoms with Gasteiger partial charge in [0.2, 0.25) is 5.96 Å². The first-order valence-electron chi connectivity index (χ1n) is 6.45. The molecule has 1 heterocycles. The van der Waals surface area contributed by atoms with Gasteiger partial charge in [-0.25, -0.2) is 0 Å². The fraction of sp³-hybridized carbons (Fsp3) is 0.538. The van der Waals surface area contributed by atoms with Crippen molar-refractivity contribution in [1.82, 2.24) is 9.88 Å². The Bertz CT molecular complexity index is 417. The molecule has 0 saturated heterocycles. The van der Waals surface area contributed by atoms with Crippen molar-refractivity contribution in [2.24, 2.45) is 21.5 Å². The molecule has 19 heavy (non-hydrogen) atoms. The predicted molar refractivity (Wildman–Crippen MR) is 82.4 cm³/mol. The van der Waals surface area contributed by atoms with E-state index in [-0.39, 0.29) is 5.96 Å². The molecule has 0 radical (unpaired) electrons. The van der Waals surface area contributed by atoms with Gasteiger partial charge in [-0.05, 0) is 19.1 Å². The van der Waals surface area contributed by atoms with Crippen LogP contribution in [-0.2, 0) is 6.42 Å². The lowest BCUT2D eigenvalue weighted by atomic mass is 10.3. The average molecular weight is 266 g/mol. The monoisotopic (exact) mass is 266 g/mol. The molecule has 6 nitrogen and oxygen atoms in total. The Hall–Kier alpha value is -1.98. The lowest BCUT2D eigenvalue weighted by Crippen LogP contribution is -2.32. The molecule has 0 aliphatic carbocycles. The third kappa shape index (κ3) is 7.13. The molecule has 0 saturated carbocycles. The van der Waals surface area contributed by atoms with Crippen LogP contribution >= 0.6 is 0 Å². The fourth-order valence-electron chi connectivity index (χ4n) is 1.25. The van der Waals surface area contributed by atoms with E-state index in [1.165, 1.54) is 0 Å². The number of guanidine groups is 2. The second kappa shape index (κ2) is 9.02. The van der Waals surface area contributed by atoms with E-state index in [4.69, 9.17) is 11.5 Å². The van der Waals surface area contributed by atoms with E-state index in [1.807, 2.05) is 32.9 Å². The normalized spacial score (nSPS) is 11.8. The molecule has 0 bridgehead atoms. The summed E-state index contributed by atoms with van der Waals surface area (Å²) < 4.78 is 0. The zero-order valence-corrected chi connectivity index (χ0v) is 12.6. The van der Waals surface area contributed by atoms with Gasteiger partial charge < -0.3 is 21.4 Å². The van der Waals surface area contributed by atoms with Gasteiger partial charge in [0.15, 0.2) is 5.96 Å². The van der Waals surface area contributed by atoms with Crippen LogP contribution in [0.3, 0.4) is 0 Å². The summed E-state index contributed by atoms with van der Waals surface area (Å²) in [6.07, 6.45) is 0.811. The molecule has 0 aromatic carbocycles. The lowest BCUT2D eigenvalue weighted by molar-refractivity contribution is 0.615. The minimum absolute atomic E-state index is 0.208. The number of hydrogen-bond donors (Lipinski definition) is 3. The summed E-state index contributed by atoms with van der Waals surface area (Å²) >= 11 is 0. The number of aromatic nitrogens is 1. The molecule has 1 rings (SSSR count). The molecule has 0 aliphatic rings. The highest BCUT2D eigenvalue weighted by atomic mass is 15.2. The molecule has 0 spiro atoms. The zero-order valence-electron chi connectivity index (χ0n) is 12.6. The van der Waals surface area contributed by atoms with Crippen LogP contribution in [0.4, 0.5) is 0 Å². The third-order valence-electron chi connectivity index (χ3n) is 2.23. The Morgan fingerprint density at radius 3 is 2.37 bits per heavy atom. The van der Waals surface area contributed by atoms with Gasteiger partial charge in [-0.2, -0.15) is 4.99 Å². The molecule has 0 fully saturated rings. The van der Waals surface area contributed by atoms with E-state index in [0.29, 0.717) is 12.5 Å². The Labute approximate surface area is 115 Å². The van der Waals surface area contributed by atoms with E-state index in [2.05, 4.69) is 15.0 Å². The molecular formula is C13H26N6. The minimum atomic E-state index is 0.208. The highest BCUT2D eigenvalue weighted by molar-refractivity contribution is 5.93. The van der Waals surface area contributed by atoms with Gasteiger partial charge in [-0.15, -0.1) is 0 Å². The molecular weight excluding hydrogens is 240 g/mol. The van der Waals surface area contributed by atoms with Crippen LogP contribution in [0, 0.1) is 6.92 Å². The highest BCUT2D eigenvalue weighted by Crippen LogP contribution is 2.00. The summed E-state index contributed by atoms with van der Waals surface area (Å²) in [6.45, 7) is 6.61. The van der Waals surface area contributed by atoms with E-state index in [1.54, 1.807) is 19.0 Å². The van der Waals surface area contributed by atoms with Crippen LogP contribution in [0.5, 0.6) is 0 Å². The van der Waals surface area contributed by atoms with Crippen LogP contribution in [0.1, 0.15) is 25.2 Å². The van der Waals surface area contributed by atoms with Gasteiger partial charge in [0.1, 0.15) is 0 Å². The molecule has 1 aromatic rings. The number of aromatic amines is 1. The molecule has 0 unspecified atom stereocenters. The number of aryl methyl sites for hydroxylation is 1. The van der Waals surface area contributed by atoms with E-state index in [9.17, 15) is 0 Å². The summed E-state index contributed by atoms with van der Waals surface area (Å²) in [7, 11) is 3.60. The second-order valence-electron chi connectivity index (χ2n) is 4.02. The standard InChI is InChI=1S/C11H20N6.C2H6/c1-8-4-5-9(15-8)6-7-14-10(12)16-11(13)17(2)3;1-2/h4-5,15H,6-7H2,1-3H3,(H4,12,13,14,16);1-2H3. The topological polar surface area (TPSA) is 95.8 Å². The van der Waals surface area contributed by atoms with Gasteiger partial charge in [0.05, 0.1) is 0 Å². The van der Waals surface area contributed by atoms with Crippen molar-refractivity contribution in [2.45, 2.75) is 27.2 Å². The zero-order chi connectivity index (χ0) is 14.8. The summed E-state index contributed by atoms with van der Waals surface area (Å²) in [4.78, 5) is 13.0. The van der Waals surface area contributed by atoms with Crippen molar-refractivity contribution in [3.63, 3.8) is 0 Å². The minimum Gasteiger partial charge on any atom is -0.369 e. The third-order valence-corrected chi connectivity index (χ3v) is 2.23. The molecule has 108 valence electrons. The number of aliphatic imine (C=N–C) groups is 2. The van der Waals surface area contributed by atoms with Gasteiger partial charge >= 0.3 is 0 Å². The summed E-state index contributed by atoms with van der Waals surface area (Å²) in [5, 5.41) is 0. The molecule has 1 aromatic heterocycles. The summed E-state index contributed by atoms with van der Waals surface area (Å²) in [5.41, 5.74) is 13.5. The first kappa shape index (κ1) is 17.0. The largest absolute Gasteiger partial charge is 0.369 e. The van der Waals surface area contributed by atoms with Crippen molar-refractivity contribution in [3.05, 3.63) is 23.5 Å². The van der Waals surface area contributed by atoms with E-state index >= 15 is 0 Å². The van der Waals surface area contributed by atoms with Gasteiger partial charge in [0.25, 0.3) is 0 Å². The van der Waals surface area contributed by atoms with Crippen molar-refractivity contribution >= 4 is 11.9 Å². The Balaban J connectivity index is 0.00000154. The Kier molecular flexibility index (Phi) is 8.08. The summed E-state index contributed by atoms with van der Waals surface area (Å²) in [5.74, 6) is 0.557. The maximum atomic E-state index is 5.63. The molecule has 5 N–H and O–H groups in total. The molecule has 0 atom stereocenters. The van der Waals surface area contributed by atoms with Crippen molar-refractivity contribution in [1.29, 1.82) is 0 Å². The first-order valence-corrected chi connectivity index (χ1v) is 6.45. The lowest BCUT2D eigenvalue weighted by Gasteiger charge is -2.09. The predicted octanol–water partition coefficient (Wildman–Crippen LogP) is 1.08. The van der Waals surface area contributed by atoms with E-state index < -0.39 is 0 Å². The van der Waals surface area contributed by atoms with Crippen LogP contribution in [0.25, 0.3) is 0 Å². The number of H-pyrrole nitrogens is 1. The smallest absolute Gasteiger partial charge is 0.218 e. The maximum Gasteiger partial charge on any atom is 0.218 e. The number of hydrogen-bond acceptors (Lipinski definition) is 1. The fourth-order valence-corrected chi connectivity index (χ4v) is 1.25. The van der Waals surface area contributed by atoms with Crippen molar-refractivity contribution in [2.75, 3.05) is 20.6 Å². The Morgan fingerprint density at radius 2 is 1.89 bits per heavy atom. The van der Waals surface area contributed by atoms with Crippen LogP contribution in [-0.4, -0.2) is 42.4 Å². The van der Waals surface area contributed by atoms with Crippen molar-refractivity contribution in [3.8, 4) is 0 Å². The maximum absolute atomic E-state index is 5.63. The van der Waals surface area contributed by atoms with Gasteiger partial charge in [-0.3, -0.25) is 4.99 Å². The van der Waals surface area contributed by atoms with Gasteiger partial charge in [0, 0.05) is 38.4 Å². The molecule has 6 heteroatoms. The summed E-state index contributed by atoms with van der Waals surface area (Å²) in [6, 6.07) is 4.07. The number of nitrogens with one attached hydrogen (secondary N) is 1. The number of nitrogens with zero attached hydrogens (tertiary/aromatic N) is 3. The number of rotatable bonds is 3. The highest BCUT2D eigenvalue weighted by Gasteiger charge is 1.97. The molecule has 0 amide bonds. The quantitative estimate of drug-likeness (QED) is 0.564. The SMILES string of the molecule is CC.Cc1ccc(CCN=C(N)/N=C(\N)N(C)C)[nH]1. The Morgan fingerprint density at radius 1 is 1.26 bits per heavy atom. The van der Waals surface area contributed by atoms with Crippen LogP contribution < -0.4 is 11.5 Å². The van der Waals surface area contributed by atoms with Crippen LogP contribution in [0.2, 0.25) is 0 Å². The van der Waals surface area contributed by atoms with Crippen LogP contribution in [0.15, 0.2) is 22.1 Å². The first-order chi connectivity index (χ1) is 8.99. The molecule has 0 aliphatic heterocycles. The number of nitrogens with two attached hydrogens (primary N) is 2. The average Bonchev–Trinajstić information content (AvgIpc) is 2.77. The second-order valence-corrected chi connectivity index (χ2v) is 4.02. The van der Waals surface area contributed by atoms with E-state index in [0.717, 1.165) is 17.8 Å². The van der Waals surface area contributed by atoms with Crippen molar-refractivity contribution < 1.29 is 0 Å².